The highest BCUT2D eigenvalue weighted by Crippen LogP contribution is 2.27. The highest BCUT2D eigenvalue weighted by molar-refractivity contribution is 6.32. The number of ether oxygens (including phenoxy) is 1. The van der Waals surface area contributed by atoms with Crippen molar-refractivity contribution in [3.8, 4) is 0 Å². The van der Waals surface area contributed by atoms with Crippen LogP contribution < -0.4 is 5.32 Å². The molecule has 0 aliphatic heterocycles. The van der Waals surface area contributed by atoms with E-state index >= 15 is 0 Å². The maximum Gasteiger partial charge on any atom is 0.308 e. The molecule has 1 N–H and O–H groups in total. The van der Waals surface area contributed by atoms with Gasteiger partial charge in [-0.1, -0.05) is 12.1 Å². The van der Waals surface area contributed by atoms with Gasteiger partial charge < -0.3 is 14.5 Å². The molecule has 0 aliphatic rings. The van der Waals surface area contributed by atoms with E-state index in [9.17, 15) is 14.0 Å². The summed E-state index contributed by atoms with van der Waals surface area (Å²) in [4.78, 5) is 24.1. The number of methoxy groups -OCH3 is 1. The third-order valence-electron chi connectivity index (χ3n) is 3.46. The summed E-state index contributed by atoms with van der Waals surface area (Å²) in [6.07, 6.45) is 1.16. The molecule has 0 bridgehead atoms. The number of furan rings is 1. The monoisotopic (exact) mass is 339 g/mol. The van der Waals surface area contributed by atoms with Crippen LogP contribution in [0.25, 0.3) is 0 Å². The van der Waals surface area contributed by atoms with Crippen LogP contribution in [0.15, 0.2) is 41.0 Å². The molecular weight excluding hydrogens is 325 g/mol. The van der Waals surface area contributed by atoms with Gasteiger partial charge in [-0.25, -0.2) is 4.39 Å². The Kier molecular flexibility index (Phi) is 5.05. The Labute approximate surface area is 137 Å². The summed E-state index contributed by atoms with van der Waals surface area (Å²) in [6, 6.07) is 6.91. The Morgan fingerprint density at radius 1 is 1.30 bits per heavy atom. The minimum atomic E-state index is -1.10. The van der Waals surface area contributed by atoms with Crippen molar-refractivity contribution in [2.45, 2.75) is 18.9 Å². The lowest BCUT2D eigenvalue weighted by molar-refractivity contribution is -0.142. The average molecular weight is 340 g/mol. The van der Waals surface area contributed by atoms with Crippen molar-refractivity contribution in [3.05, 3.63) is 58.8 Å². The molecule has 2 rings (SSSR count). The topological polar surface area (TPSA) is 68.5 Å². The van der Waals surface area contributed by atoms with E-state index in [1.165, 1.54) is 43.7 Å². The van der Waals surface area contributed by atoms with Crippen molar-refractivity contribution in [1.82, 2.24) is 5.32 Å². The van der Waals surface area contributed by atoms with Crippen molar-refractivity contribution in [1.29, 1.82) is 0 Å². The summed E-state index contributed by atoms with van der Waals surface area (Å²) in [5.41, 5.74) is -0.402. The SMILES string of the molecule is COC(=O)C[C@@](C)(NC(=O)c1ccoc1Cl)c1ccc(F)cc1. The second-order valence-electron chi connectivity index (χ2n) is 5.15. The smallest absolute Gasteiger partial charge is 0.308 e. The van der Waals surface area contributed by atoms with Gasteiger partial charge in [-0.3, -0.25) is 9.59 Å². The molecule has 1 heterocycles. The third-order valence-corrected chi connectivity index (χ3v) is 3.75. The second-order valence-corrected chi connectivity index (χ2v) is 5.50. The number of halogens is 2. The van der Waals surface area contributed by atoms with E-state index in [0.29, 0.717) is 5.56 Å². The van der Waals surface area contributed by atoms with E-state index in [1.807, 2.05) is 0 Å². The molecule has 1 aromatic carbocycles. The van der Waals surface area contributed by atoms with Gasteiger partial charge in [0.05, 0.1) is 30.9 Å². The fourth-order valence-electron chi connectivity index (χ4n) is 2.17. The number of benzene rings is 1. The van der Waals surface area contributed by atoms with Crippen LogP contribution in [0.5, 0.6) is 0 Å². The first-order chi connectivity index (χ1) is 10.9. The summed E-state index contributed by atoms with van der Waals surface area (Å²) in [5, 5.41) is 2.68. The van der Waals surface area contributed by atoms with Gasteiger partial charge in [0.1, 0.15) is 5.82 Å². The van der Waals surface area contributed by atoms with Crippen molar-refractivity contribution >= 4 is 23.5 Å². The number of esters is 1. The van der Waals surface area contributed by atoms with Crippen LogP contribution in [0, 0.1) is 5.82 Å². The Morgan fingerprint density at radius 3 is 2.48 bits per heavy atom. The molecule has 0 aliphatic carbocycles. The first kappa shape index (κ1) is 17.0. The predicted octanol–water partition coefficient (Wildman–Crippen LogP) is 3.28. The molecule has 2 aromatic rings. The van der Waals surface area contributed by atoms with Crippen LogP contribution in [0.4, 0.5) is 4.39 Å². The van der Waals surface area contributed by atoms with Crippen molar-refractivity contribution < 1.29 is 23.1 Å². The molecule has 0 radical (unpaired) electrons. The van der Waals surface area contributed by atoms with Crippen LogP contribution in [-0.2, 0) is 15.1 Å². The van der Waals surface area contributed by atoms with Crippen LogP contribution >= 0.6 is 11.6 Å². The van der Waals surface area contributed by atoms with Gasteiger partial charge in [-0.05, 0) is 42.3 Å². The Hall–Kier alpha value is -2.34. The van der Waals surface area contributed by atoms with E-state index in [-0.39, 0.29) is 17.2 Å². The molecule has 1 amide bonds. The van der Waals surface area contributed by atoms with Crippen molar-refractivity contribution in [3.63, 3.8) is 0 Å². The van der Waals surface area contributed by atoms with Crippen LogP contribution in [-0.4, -0.2) is 19.0 Å². The van der Waals surface area contributed by atoms with Gasteiger partial charge in [0.15, 0.2) is 0 Å². The van der Waals surface area contributed by atoms with Gasteiger partial charge in [0.2, 0.25) is 5.22 Å². The fourth-order valence-corrected chi connectivity index (χ4v) is 2.37. The molecule has 0 spiro atoms. The van der Waals surface area contributed by atoms with E-state index in [1.54, 1.807) is 6.92 Å². The number of hydrogen-bond acceptors (Lipinski definition) is 4. The van der Waals surface area contributed by atoms with Gasteiger partial charge in [-0.15, -0.1) is 0 Å². The van der Waals surface area contributed by atoms with Crippen molar-refractivity contribution in [2.75, 3.05) is 7.11 Å². The fraction of sp³-hybridized carbons (Fsp3) is 0.250. The highest BCUT2D eigenvalue weighted by atomic mass is 35.5. The van der Waals surface area contributed by atoms with Gasteiger partial charge in [0, 0.05) is 0 Å². The summed E-state index contributed by atoms with van der Waals surface area (Å²) >= 11 is 5.79. The third kappa shape index (κ3) is 3.90. The van der Waals surface area contributed by atoms with E-state index in [4.69, 9.17) is 16.0 Å². The van der Waals surface area contributed by atoms with Gasteiger partial charge >= 0.3 is 5.97 Å². The van der Waals surface area contributed by atoms with Gasteiger partial charge in [-0.2, -0.15) is 0 Å². The number of carbonyl (C=O) groups excluding carboxylic acids is 2. The molecule has 5 nitrogen and oxygen atoms in total. The average Bonchev–Trinajstić information content (AvgIpc) is 2.93. The Bertz CT molecular complexity index is 713. The lowest BCUT2D eigenvalue weighted by atomic mass is 9.88. The zero-order valence-electron chi connectivity index (χ0n) is 12.6. The molecule has 1 atom stereocenters. The highest BCUT2D eigenvalue weighted by Gasteiger charge is 2.33. The summed E-state index contributed by atoms with van der Waals surface area (Å²) < 4.78 is 22.7. The lowest BCUT2D eigenvalue weighted by Gasteiger charge is -2.30. The van der Waals surface area contributed by atoms with Gasteiger partial charge in [0.25, 0.3) is 5.91 Å². The quantitative estimate of drug-likeness (QED) is 0.849. The second kappa shape index (κ2) is 6.83. The predicted molar refractivity (Wildman–Crippen MR) is 81.6 cm³/mol. The van der Waals surface area contributed by atoms with E-state index < -0.39 is 23.2 Å². The largest absolute Gasteiger partial charge is 0.469 e. The van der Waals surface area contributed by atoms with Crippen LogP contribution in [0.2, 0.25) is 5.22 Å². The first-order valence-electron chi connectivity index (χ1n) is 6.74. The molecule has 0 fully saturated rings. The number of hydrogen-bond donors (Lipinski definition) is 1. The number of carbonyl (C=O) groups is 2. The lowest BCUT2D eigenvalue weighted by Crippen LogP contribution is -2.45. The van der Waals surface area contributed by atoms with Crippen molar-refractivity contribution in [2.24, 2.45) is 0 Å². The molecular formula is C16H15ClFNO4. The summed E-state index contributed by atoms with van der Waals surface area (Å²) in [5.74, 6) is -1.45. The zero-order valence-corrected chi connectivity index (χ0v) is 13.3. The summed E-state index contributed by atoms with van der Waals surface area (Å²) in [6.45, 7) is 1.64. The molecule has 0 unspecified atom stereocenters. The number of nitrogens with one attached hydrogen (secondary N) is 1. The minimum absolute atomic E-state index is 0.0537. The summed E-state index contributed by atoms with van der Waals surface area (Å²) in [7, 11) is 1.25. The Morgan fingerprint density at radius 2 is 1.96 bits per heavy atom. The molecule has 23 heavy (non-hydrogen) atoms. The van der Waals surface area contributed by atoms with E-state index in [2.05, 4.69) is 10.1 Å². The number of rotatable bonds is 5. The minimum Gasteiger partial charge on any atom is -0.469 e. The standard InChI is InChI=1S/C16H15ClFNO4/c1-16(9-13(20)22-2,10-3-5-11(18)6-4-10)19-15(21)12-7-8-23-14(12)17/h3-8H,9H2,1-2H3,(H,19,21)/t16-/m1/s1. The van der Waals surface area contributed by atoms with E-state index in [0.717, 1.165) is 0 Å². The normalized spacial score (nSPS) is 13.2. The first-order valence-corrected chi connectivity index (χ1v) is 7.12. The molecule has 7 heteroatoms. The molecule has 122 valence electrons. The maximum atomic E-state index is 13.1. The number of amides is 1. The molecule has 0 saturated heterocycles. The Balaban J connectivity index is 2.33. The van der Waals surface area contributed by atoms with Crippen LogP contribution in [0.3, 0.4) is 0 Å². The molecule has 0 saturated carbocycles. The zero-order chi connectivity index (χ0) is 17.0. The maximum absolute atomic E-state index is 13.1. The molecule has 1 aromatic heterocycles. The van der Waals surface area contributed by atoms with Crippen LogP contribution in [0.1, 0.15) is 29.3 Å².